The summed E-state index contributed by atoms with van der Waals surface area (Å²) < 4.78 is 0. The van der Waals surface area contributed by atoms with Crippen LogP contribution >= 0.6 is 0 Å². The van der Waals surface area contributed by atoms with Gasteiger partial charge in [-0.2, -0.15) is 0 Å². The molecule has 0 amide bonds. The Morgan fingerprint density at radius 1 is 1.22 bits per heavy atom. The molecular formula is C8H10N. The van der Waals surface area contributed by atoms with E-state index in [0.717, 1.165) is 5.56 Å². The van der Waals surface area contributed by atoms with Crippen LogP contribution in [-0.2, 0) is 0 Å². The van der Waals surface area contributed by atoms with Crippen LogP contribution < -0.4 is 5.73 Å². The first-order chi connectivity index (χ1) is 4.22. The molecule has 1 aromatic rings. The highest BCUT2D eigenvalue weighted by Crippen LogP contribution is 2.14. The molecule has 1 aromatic carbocycles. The molecule has 0 saturated carbocycles. The highest BCUT2D eigenvalue weighted by atomic mass is 14.5. The van der Waals surface area contributed by atoms with E-state index >= 15 is 0 Å². The van der Waals surface area contributed by atoms with Crippen molar-refractivity contribution in [3.8, 4) is 0 Å². The van der Waals surface area contributed by atoms with E-state index in [1.807, 2.05) is 32.0 Å². The smallest absolute Gasteiger partial charge is 0.0571 e. The van der Waals surface area contributed by atoms with E-state index in [0.29, 0.717) is 5.69 Å². The standard InChI is InChI=1S/C8H10N/c1-6-4-3-5-8(9)7(6)2/h3-5,9H,1-2H3. The minimum Gasteiger partial charge on any atom is -0.301 e. The zero-order valence-corrected chi connectivity index (χ0v) is 5.73. The minimum atomic E-state index is 0.634. The van der Waals surface area contributed by atoms with Crippen LogP contribution in [0.15, 0.2) is 18.2 Å². The van der Waals surface area contributed by atoms with Crippen LogP contribution in [0.5, 0.6) is 0 Å². The molecule has 1 heteroatoms. The number of hydrogen-bond donors (Lipinski definition) is 0. The zero-order valence-electron chi connectivity index (χ0n) is 5.73. The molecule has 1 rings (SSSR count). The summed E-state index contributed by atoms with van der Waals surface area (Å²) >= 11 is 0. The fourth-order valence-corrected chi connectivity index (χ4v) is 0.751. The maximum absolute atomic E-state index is 7.36. The lowest BCUT2D eigenvalue weighted by Gasteiger charge is -1.99. The van der Waals surface area contributed by atoms with Crippen LogP contribution in [0.4, 0.5) is 5.69 Å². The van der Waals surface area contributed by atoms with Crippen molar-refractivity contribution >= 4 is 5.69 Å². The van der Waals surface area contributed by atoms with Gasteiger partial charge in [0.2, 0.25) is 0 Å². The quantitative estimate of drug-likeness (QED) is 0.501. The predicted molar refractivity (Wildman–Crippen MR) is 38.7 cm³/mol. The molecule has 1 nitrogen and oxygen atoms in total. The highest BCUT2D eigenvalue weighted by Gasteiger charge is 1.93. The molecule has 0 atom stereocenters. The van der Waals surface area contributed by atoms with Gasteiger partial charge in [-0.3, -0.25) is 0 Å². The lowest BCUT2D eigenvalue weighted by Crippen LogP contribution is -1.81. The molecule has 0 fully saturated rings. The van der Waals surface area contributed by atoms with Crippen molar-refractivity contribution in [2.45, 2.75) is 13.8 Å². The molecule has 1 radical (unpaired) electrons. The van der Waals surface area contributed by atoms with Crippen molar-refractivity contribution < 1.29 is 0 Å². The van der Waals surface area contributed by atoms with Crippen LogP contribution in [-0.4, -0.2) is 0 Å². The Morgan fingerprint density at radius 3 is 2.33 bits per heavy atom. The molecule has 9 heavy (non-hydrogen) atoms. The fraction of sp³-hybridized carbons (Fsp3) is 0.250. The van der Waals surface area contributed by atoms with Crippen molar-refractivity contribution in [2.24, 2.45) is 0 Å². The largest absolute Gasteiger partial charge is 0.301 e. The van der Waals surface area contributed by atoms with E-state index in [1.54, 1.807) is 0 Å². The van der Waals surface area contributed by atoms with Crippen LogP contribution in [0.3, 0.4) is 0 Å². The normalized spacial score (nSPS) is 9.56. The van der Waals surface area contributed by atoms with Crippen molar-refractivity contribution in [3.63, 3.8) is 0 Å². The monoisotopic (exact) mass is 120 g/mol. The van der Waals surface area contributed by atoms with Gasteiger partial charge in [-0.15, -0.1) is 0 Å². The SMILES string of the molecule is Cc1cccc([NH])c1C. The van der Waals surface area contributed by atoms with Crippen molar-refractivity contribution in [2.75, 3.05) is 0 Å². The molecule has 0 bridgehead atoms. The van der Waals surface area contributed by atoms with Crippen LogP contribution in [0, 0.1) is 13.8 Å². The van der Waals surface area contributed by atoms with Crippen molar-refractivity contribution in [1.29, 1.82) is 0 Å². The molecular weight excluding hydrogens is 110 g/mol. The van der Waals surface area contributed by atoms with Gasteiger partial charge >= 0.3 is 0 Å². The summed E-state index contributed by atoms with van der Waals surface area (Å²) in [5.41, 5.74) is 10.3. The lowest BCUT2D eigenvalue weighted by molar-refractivity contribution is 1.30. The minimum absolute atomic E-state index is 0.634. The average Bonchev–Trinajstić information content (AvgIpc) is 1.83. The molecule has 0 spiro atoms. The molecule has 0 aliphatic heterocycles. The number of benzene rings is 1. The molecule has 0 heterocycles. The second-order valence-corrected chi connectivity index (χ2v) is 2.25. The summed E-state index contributed by atoms with van der Waals surface area (Å²) in [5.74, 6) is 0. The second-order valence-electron chi connectivity index (χ2n) is 2.25. The Hall–Kier alpha value is -0.980. The summed E-state index contributed by atoms with van der Waals surface area (Å²) in [6.07, 6.45) is 0. The molecule has 47 valence electrons. The summed E-state index contributed by atoms with van der Waals surface area (Å²) in [6.45, 7) is 3.99. The molecule has 0 unspecified atom stereocenters. The van der Waals surface area contributed by atoms with Gasteiger partial charge in [0.25, 0.3) is 0 Å². The molecule has 0 saturated heterocycles. The molecule has 0 aromatic heterocycles. The molecule has 0 aliphatic rings. The van der Waals surface area contributed by atoms with Gasteiger partial charge in [0.1, 0.15) is 0 Å². The summed E-state index contributed by atoms with van der Waals surface area (Å²) in [6, 6.07) is 5.74. The van der Waals surface area contributed by atoms with E-state index in [2.05, 4.69) is 0 Å². The van der Waals surface area contributed by atoms with Crippen molar-refractivity contribution in [1.82, 2.24) is 5.73 Å². The van der Waals surface area contributed by atoms with Gasteiger partial charge in [-0.25, -0.2) is 0 Å². The summed E-state index contributed by atoms with van der Waals surface area (Å²) in [7, 11) is 0. The maximum atomic E-state index is 7.36. The van der Waals surface area contributed by atoms with Crippen LogP contribution in [0.2, 0.25) is 0 Å². The van der Waals surface area contributed by atoms with Crippen LogP contribution in [0.25, 0.3) is 0 Å². The van der Waals surface area contributed by atoms with E-state index in [4.69, 9.17) is 5.73 Å². The molecule has 0 aliphatic carbocycles. The first-order valence-corrected chi connectivity index (χ1v) is 2.99. The Balaban J connectivity index is 3.25. The average molecular weight is 120 g/mol. The summed E-state index contributed by atoms with van der Waals surface area (Å²) in [4.78, 5) is 0. The fourth-order valence-electron chi connectivity index (χ4n) is 0.751. The van der Waals surface area contributed by atoms with Gasteiger partial charge in [0.05, 0.1) is 5.69 Å². The zero-order chi connectivity index (χ0) is 6.85. The first kappa shape index (κ1) is 6.14. The Labute approximate surface area is 55.5 Å². The highest BCUT2D eigenvalue weighted by molar-refractivity contribution is 5.46. The topological polar surface area (TPSA) is 23.8 Å². The number of hydrogen-bond acceptors (Lipinski definition) is 0. The van der Waals surface area contributed by atoms with Gasteiger partial charge in [-0.05, 0) is 31.0 Å². The maximum Gasteiger partial charge on any atom is 0.0571 e. The van der Waals surface area contributed by atoms with Gasteiger partial charge < -0.3 is 5.73 Å². The lowest BCUT2D eigenvalue weighted by atomic mass is 10.1. The van der Waals surface area contributed by atoms with Gasteiger partial charge in [0, 0.05) is 0 Å². The second kappa shape index (κ2) is 2.09. The van der Waals surface area contributed by atoms with E-state index in [-0.39, 0.29) is 0 Å². The summed E-state index contributed by atoms with van der Waals surface area (Å²) in [5, 5.41) is 0. The Kier molecular flexibility index (Phi) is 1.43. The third kappa shape index (κ3) is 1.04. The number of rotatable bonds is 0. The van der Waals surface area contributed by atoms with Gasteiger partial charge in [-0.1, -0.05) is 12.1 Å². The predicted octanol–water partition coefficient (Wildman–Crippen LogP) is 2.22. The first-order valence-electron chi connectivity index (χ1n) is 2.99. The van der Waals surface area contributed by atoms with Crippen molar-refractivity contribution in [3.05, 3.63) is 29.3 Å². The van der Waals surface area contributed by atoms with E-state index in [1.165, 1.54) is 5.56 Å². The van der Waals surface area contributed by atoms with Crippen LogP contribution in [0.1, 0.15) is 11.1 Å². The third-order valence-corrected chi connectivity index (χ3v) is 1.60. The van der Waals surface area contributed by atoms with E-state index < -0.39 is 0 Å². The van der Waals surface area contributed by atoms with Gasteiger partial charge in [0.15, 0.2) is 0 Å². The number of nitrogens with one attached hydrogen (secondary N) is 1. The molecule has 1 N–H and O–H groups in total. The van der Waals surface area contributed by atoms with E-state index in [9.17, 15) is 0 Å². The Morgan fingerprint density at radius 2 is 1.89 bits per heavy atom. The third-order valence-electron chi connectivity index (χ3n) is 1.60. The number of aryl methyl sites for hydroxylation is 1. The Bertz CT molecular complexity index is 196.